The first-order valence-corrected chi connectivity index (χ1v) is 8.94. The minimum absolute atomic E-state index is 0.00573. The van der Waals surface area contributed by atoms with E-state index < -0.39 is 0 Å². The third kappa shape index (κ3) is 4.74. The third-order valence-corrected chi connectivity index (χ3v) is 4.32. The van der Waals surface area contributed by atoms with Gasteiger partial charge in [0, 0.05) is 35.7 Å². The van der Waals surface area contributed by atoms with Crippen LogP contribution >= 0.6 is 23.2 Å². The molecule has 1 amide bonds. The number of ether oxygens (including phenoxy) is 1. The molecular formula is C17H21Cl2N5O2. The second kappa shape index (κ2) is 9.00. The molecule has 7 nitrogen and oxygen atoms in total. The summed E-state index contributed by atoms with van der Waals surface area (Å²) in [7, 11) is 1.60. The van der Waals surface area contributed by atoms with E-state index >= 15 is 0 Å². The fourth-order valence-electron chi connectivity index (χ4n) is 2.59. The Hall–Kier alpha value is -2.12. The quantitative estimate of drug-likeness (QED) is 0.568. The van der Waals surface area contributed by atoms with E-state index in [9.17, 15) is 4.79 Å². The van der Waals surface area contributed by atoms with Crippen molar-refractivity contribution in [3.05, 3.63) is 34.2 Å². The Morgan fingerprint density at radius 2 is 2.08 bits per heavy atom. The van der Waals surface area contributed by atoms with Crippen LogP contribution in [0.2, 0.25) is 5.15 Å². The first-order chi connectivity index (χ1) is 12.4. The van der Waals surface area contributed by atoms with E-state index in [0.717, 1.165) is 16.9 Å². The van der Waals surface area contributed by atoms with Gasteiger partial charge in [0.1, 0.15) is 16.7 Å². The van der Waals surface area contributed by atoms with Crippen LogP contribution in [0, 0.1) is 13.8 Å². The fourth-order valence-corrected chi connectivity index (χ4v) is 2.91. The van der Waals surface area contributed by atoms with Crippen LogP contribution in [0.3, 0.4) is 0 Å². The lowest BCUT2D eigenvalue weighted by atomic mass is 10.1. The number of anilines is 2. The van der Waals surface area contributed by atoms with E-state index in [1.54, 1.807) is 13.3 Å². The van der Waals surface area contributed by atoms with Crippen LogP contribution in [0.25, 0.3) is 0 Å². The Balaban J connectivity index is 2.43. The van der Waals surface area contributed by atoms with E-state index in [4.69, 9.17) is 33.7 Å². The number of halogens is 2. The third-order valence-electron chi connectivity index (χ3n) is 3.86. The highest BCUT2D eigenvalue weighted by molar-refractivity contribution is 6.29. The molecule has 0 saturated carbocycles. The number of amides is 1. The zero-order valence-corrected chi connectivity index (χ0v) is 16.4. The van der Waals surface area contributed by atoms with Crippen molar-refractivity contribution in [3.8, 4) is 5.75 Å². The van der Waals surface area contributed by atoms with Crippen molar-refractivity contribution < 1.29 is 9.53 Å². The molecule has 2 aromatic rings. The molecule has 140 valence electrons. The monoisotopic (exact) mass is 397 g/mol. The van der Waals surface area contributed by atoms with E-state index in [-0.39, 0.29) is 30.0 Å². The van der Waals surface area contributed by atoms with Crippen LogP contribution in [0.15, 0.2) is 12.3 Å². The number of pyridine rings is 1. The van der Waals surface area contributed by atoms with Gasteiger partial charge in [-0.25, -0.2) is 4.98 Å². The lowest BCUT2D eigenvalue weighted by Crippen LogP contribution is -2.32. The summed E-state index contributed by atoms with van der Waals surface area (Å²) >= 11 is 11.7. The number of hydrogen-bond acceptors (Lipinski definition) is 6. The number of rotatable bonds is 7. The second-order valence-electron chi connectivity index (χ2n) is 5.73. The van der Waals surface area contributed by atoms with Crippen LogP contribution in [0.1, 0.15) is 29.7 Å². The summed E-state index contributed by atoms with van der Waals surface area (Å²) in [5, 5.41) is 0.161. The van der Waals surface area contributed by atoms with Crippen molar-refractivity contribution in [2.24, 2.45) is 0 Å². The highest BCUT2D eigenvalue weighted by Crippen LogP contribution is 2.27. The maximum atomic E-state index is 12.7. The molecule has 0 spiro atoms. The highest BCUT2D eigenvalue weighted by Gasteiger charge is 2.21. The molecule has 0 saturated heterocycles. The number of alkyl halides is 1. The van der Waals surface area contributed by atoms with Gasteiger partial charge in [0.25, 0.3) is 0 Å². The number of aryl methyl sites for hydroxylation is 1. The maximum absolute atomic E-state index is 12.7. The zero-order valence-electron chi connectivity index (χ0n) is 14.9. The molecule has 0 atom stereocenters. The number of carbonyl (C=O) groups is 1. The van der Waals surface area contributed by atoms with Crippen LogP contribution < -0.4 is 15.4 Å². The van der Waals surface area contributed by atoms with Crippen molar-refractivity contribution in [3.63, 3.8) is 0 Å². The number of carbonyl (C=O) groups excluding carboxylic acids is 1. The average molecular weight is 398 g/mol. The molecule has 0 aromatic carbocycles. The molecule has 2 N–H and O–H groups in total. The Morgan fingerprint density at radius 3 is 2.69 bits per heavy atom. The number of nitrogen functional groups attached to an aromatic ring is 1. The first kappa shape index (κ1) is 20.2. The van der Waals surface area contributed by atoms with E-state index in [0.29, 0.717) is 23.8 Å². The number of methoxy groups -OCH3 is 1. The summed E-state index contributed by atoms with van der Waals surface area (Å²) < 4.78 is 5.44. The summed E-state index contributed by atoms with van der Waals surface area (Å²) in [6.45, 7) is 4.02. The van der Waals surface area contributed by atoms with Gasteiger partial charge in [-0.3, -0.25) is 14.7 Å². The van der Waals surface area contributed by atoms with Crippen molar-refractivity contribution >= 4 is 40.9 Å². The number of hydrogen-bond donors (Lipinski definition) is 1. The average Bonchev–Trinajstić information content (AvgIpc) is 2.58. The summed E-state index contributed by atoms with van der Waals surface area (Å²) in [4.78, 5) is 26.6. The lowest BCUT2D eigenvalue weighted by molar-refractivity contribution is -0.118. The van der Waals surface area contributed by atoms with E-state index in [1.807, 2.05) is 13.8 Å². The first-order valence-electron chi connectivity index (χ1n) is 8.02. The van der Waals surface area contributed by atoms with Gasteiger partial charge in [-0.1, -0.05) is 11.6 Å². The molecule has 0 fully saturated rings. The van der Waals surface area contributed by atoms with Gasteiger partial charge in [0.05, 0.1) is 19.3 Å². The normalized spacial score (nSPS) is 10.7. The van der Waals surface area contributed by atoms with E-state index in [2.05, 4.69) is 15.0 Å². The Bertz CT molecular complexity index is 781. The largest absolute Gasteiger partial charge is 0.496 e. The molecule has 9 heteroatoms. The summed E-state index contributed by atoms with van der Waals surface area (Å²) in [6.07, 6.45) is 2.53. The topological polar surface area (TPSA) is 94.2 Å². The van der Waals surface area contributed by atoms with Gasteiger partial charge < -0.3 is 10.5 Å². The predicted octanol–water partition coefficient (Wildman–Crippen LogP) is 3.28. The Labute approximate surface area is 162 Å². The van der Waals surface area contributed by atoms with Crippen molar-refractivity contribution in [1.82, 2.24) is 15.0 Å². The Morgan fingerprint density at radius 1 is 1.35 bits per heavy atom. The van der Waals surface area contributed by atoms with Crippen molar-refractivity contribution in [2.45, 2.75) is 33.2 Å². The fraction of sp³-hybridized carbons (Fsp3) is 0.412. The molecule has 2 heterocycles. The number of nitrogens with two attached hydrogens (primary N) is 1. The number of aromatic nitrogens is 3. The molecule has 0 aliphatic heterocycles. The molecule has 26 heavy (non-hydrogen) atoms. The molecule has 2 rings (SSSR count). The van der Waals surface area contributed by atoms with Crippen molar-refractivity contribution in [1.29, 1.82) is 0 Å². The van der Waals surface area contributed by atoms with E-state index in [1.165, 1.54) is 11.0 Å². The highest BCUT2D eigenvalue weighted by atomic mass is 35.5. The number of nitrogens with zero attached hydrogens (tertiary/aromatic N) is 4. The second-order valence-corrected chi connectivity index (χ2v) is 6.49. The zero-order chi connectivity index (χ0) is 19.3. The predicted molar refractivity (Wildman–Crippen MR) is 103 cm³/mol. The van der Waals surface area contributed by atoms with Gasteiger partial charge in [0.2, 0.25) is 11.9 Å². The van der Waals surface area contributed by atoms with Crippen LogP contribution in [0.5, 0.6) is 5.75 Å². The molecule has 0 aliphatic carbocycles. The molecule has 2 aromatic heterocycles. The summed E-state index contributed by atoms with van der Waals surface area (Å²) in [5.41, 5.74) is 8.16. The van der Waals surface area contributed by atoms with Crippen LogP contribution in [0.4, 0.5) is 11.8 Å². The van der Waals surface area contributed by atoms with Crippen molar-refractivity contribution in [2.75, 3.05) is 23.6 Å². The maximum Gasteiger partial charge on any atom is 0.228 e. The molecule has 0 aliphatic rings. The molecule has 0 radical (unpaired) electrons. The van der Waals surface area contributed by atoms with Gasteiger partial charge >= 0.3 is 0 Å². The standard InChI is InChI=1S/C17H21Cl2N5O2/c1-10-8-21-12(11(2)16(10)26-3)9-24(15(25)5-4-6-18)14-7-13(19)22-17(20)23-14/h7-8H,4-6,9H2,1-3H3,(H2,20,22,23). The lowest BCUT2D eigenvalue weighted by Gasteiger charge is -2.23. The van der Waals surface area contributed by atoms with Gasteiger partial charge in [-0.05, 0) is 20.3 Å². The van der Waals surface area contributed by atoms with Gasteiger partial charge in [-0.15, -0.1) is 11.6 Å². The molecule has 0 bridgehead atoms. The minimum Gasteiger partial charge on any atom is -0.496 e. The van der Waals surface area contributed by atoms with Gasteiger partial charge in [0.15, 0.2) is 0 Å². The smallest absolute Gasteiger partial charge is 0.228 e. The summed E-state index contributed by atoms with van der Waals surface area (Å²) in [6, 6.07) is 1.50. The van der Waals surface area contributed by atoms with Gasteiger partial charge in [-0.2, -0.15) is 4.98 Å². The molecule has 0 unspecified atom stereocenters. The minimum atomic E-state index is -0.152. The van der Waals surface area contributed by atoms with Crippen LogP contribution in [-0.4, -0.2) is 33.8 Å². The van der Waals surface area contributed by atoms with Crippen LogP contribution in [-0.2, 0) is 11.3 Å². The SMILES string of the molecule is COc1c(C)cnc(CN(C(=O)CCCCl)c2cc(Cl)nc(N)n2)c1C. The Kier molecular flexibility index (Phi) is 6.99. The summed E-state index contributed by atoms with van der Waals surface area (Å²) in [5.74, 6) is 1.29. The molecular weight excluding hydrogens is 377 g/mol.